The highest BCUT2D eigenvalue weighted by Gasteiger charge is 2.45. The zero-order valence-electron chi connectivity index (χ0n) is 25.7. The van der Waals surface area contributed by atoms with Gasteiger partial charge in [0.15, 0.2) is 0 Å². The van der Waals surface area contributed by atoms with Gasteiger partial charge in [-0.15, -0.1) is 0 Å². The molecule has 4 aromatic rings. The molecule has 0 spiro atoms. The van der Waals surface area contributed by atoms with Crippen molar-refractivity contribution < 1.29 is 9.47 Å². The van der Waals surface area contributed by atoms with E-state index in [2.05, 4.69) is 68.1 Å². The lowest BCUT2D eigenvalue weighted by molar-refractivity contribution is 0.107. The van der Waals surface area contributed by atoms with Crippen LogP contribution in [0.25, 0.3) is 10.8 Å². The number of benzene rings is 2. The molecule has 4 aliphatic rings. The number of hydrogen-bond donors (Lipinski definition) is 0. The summed E-state index contributed by atoms with van der Waals surface area (Å²) in [6.07, 6.45) is 10.1. The van der Waals surface area contributed by atoms with Gasteiger partial charge in [0, 0.05) is 36.3 Å². The summed E-state index contributed by atoms with van der Waals surface area (Å²) >= 11 is 0. The number of anilines is 2. The Hall–Kier alpha value is -3.76. The van der Waals surface area contributed by atoms with Gasteiger partial charge < -0.3 is 19.3 Å². The number of rotatable bonds is 7. The molecule has 4 aliphatic heterocycles. The maximum Gasteiger partial charge on any atom is 0.318 e. The molecule has 10 heteroatoms. The van der Waals surface area contributed by atoms with Gasteiger partial charge in [0.05, 0.1) is 37.0 Å². The van der Waals surface area contributed by atoms with Gasteiger partial charge in [-0.3, -0.25) is 4.90 Å². The predicted octanol–water partition coefficient (Wildman–Crippen LogP) is 4.43. The van der Waals surface area contributed by atoms with E-state index in [1.54, 1.807) is 12.7 Å². The third kappa shape index (κ3) is 4.98. The number of ether oxygens (including phenoxy) is 2. The highest BCUT2D eigenvalue weighted by atomic mass is 16.5. The Labute approximate surface area is 259 Å². The molecule has 0 bridgehead atoms. The highest BCUT2D eigenvalue weighted by molar-refractivity contribution is 5.97. The fraction of sp³-hybridized carbons (Fsp3) is 0.529. The summed E-state index contributed by atoms with van der Waals surface area (Å²) in [5.74, 6) is 0.986. The lowest BCUT2D eigenvalue weighted by atomic mass is 9.95. The fourth-order valence-electron chi connectivity index (χ4n) is 8.09. The summed E-state index contributed by atoms with van der Waals surface area (Å²) in [4.78, 5) is 22.0. The molecule has 10 nitrogen and oxygen atoms in total. The van der Waals surface area contributed by atoms with Crippen LogP contribution < -0.4 is 14.5 Å². The number of aryl methyl sites for hydroxylation is 1. The van der Waals surface area contributed by atoms with Crippen molar-refractivity contribution in [3.63, 3.8) is 0 Å². The van der Waals surface area contributed by atoms with Crippen molar-refractivity contribution >= 4 is 22.3 Å². The van der Waals surface area contributed by atoms with E-state index in [4.69, 9.17) is 19.4 Å². The van der Waals surface area contributed by atoms with E-state index in [1.165, 1.54) is 66.4 Å². The van der Waals surface area contributed by atoms with Crippen LogP contribution in [-0.4, -0.2) is 87.7 Å². The van der Waals surface area contributed by atoms with Crippen LogP contribution in [0, 0.1) is 0 Å². The van der Waals surface area contributed by atoms with Crippen LogP contribution in [-0.2, 0) is 24.1 Å². The number of nitrogens with zero attached hydrogens (tertiary/aromatic N) is 8. The first-order chi connectivity index (χ1) is 21.7. The monoisotopic (exact) mass is 594 g/mol. The number of hydrogen-bond acceptors (Lipinski definition) is 9. The maximum absolute atomic E-state index is 6.60. The fourth-order valence-corrected chi connectivity index (χ4v) is 8.09. The standard InChI is InChI=1S/C34H42N8O2/c1-2-25-7-3-8-26-9-4-10-30(31(25)26)39-16-11-28-29(20-39)37-33(44-22-34-12-5-14-41(34)15-6-13-34)38-32(28)40-17-18-43-21-27(19-40)42-24-35-23-36-42/h3-4,7-10,23-24,27H,2,5-6,11-22H2,1H3. The average Bonchev–Trinajstić information content (AvgIpc) is 3.78. The molecule has 44 heavy (non-hydrogen) atoms. The van der Waals surface area contributed by atoms with Crippen LogP contribution in [0.2, 0.25) is 0 Å². The smallest absolute Gasteiger partial charge is 0.318 e. The third-order valence-corrected chi connectivity index (χ3v) is 10.4. The van der Waals surface area contributed by atoms with Crippen molar-refractivity contribution in [2.24, 2.45) is 0 Å². The molecule has 0 amide bonds. The largest absolute Gasteiger partial charge is 0.461 e. The minimum absolute atomic E-state index is 0.0580. The Kier molecular flexibility index (Phi) is 7.34. The Morgan fingerprint density at radius 2 is 1.86 bits per heavy atom. The van der Waals surface area contributed by atoms with Crippen molar-refractivity contribution in [3.8, 4) is 6.01 Å². The third-order valence-electron chi connectivity index (χ3n) is 10.4. The summed E-state index contributed by atoms with van der Waals surface area (Å²) in [6, 6.07) is 13.9. The van der Waals surface area contributed by atoms with E-state index in [0.717, 1.165) is 50.5 Å². The van der Waals surface area contributed by atoms with Crippen molar-refractivity contribution in [1.29, 1.82) is 0 Å². The molecular weight excluding hydrogens is 552 g/mol. The SMILES string of the molecule is CCc1cccc2cccc(N3CCc4c(nc(OCC56CCCN5CCC6)nc4N4CCOCC(n5cncn5)C4)C3)c12. The van der Waals surface area contributed by atoms with Gasteiger partial charge in [0.2, 0.25) is 0 Å². The molecule has 8 rings (SSSR count). The van der Waals surface area contributed by atoms with Crippen molar-refractivity contribution in [2.75, 3.05) is 62.3 Å². The van der Waals surface area contributed by atoms with Crippen molar-refractivity contribution in [3.05, 3.63) is 65.9 Å². The lowest BCUT2D eigenvalue weighted by Gasteiger charge is -2.35. The minimum atomic E-state index is 0.0580. The van der Waals surface area contributed by atoms with Gasteiger partial charge in [-0.25, -0.2) is 9.67 Å². The van der Waals surface area contributed by atoms with Crippen molar-refractivity contribution in [2.45, 2.75) is 63.6 Å². The lowest BCUT2D eigenvalue weighted by Crippen LogP contribution is -2.43. The van der Waals surface area contributed by atoms with Gasteiger partial charge >= 0.3 is 6.01 Å². The zero-order chi connectivity index (χ0) is 29.5. The molecule has 0 N–H and O–H groups in total. The van der Waals surface area contributed by atoms with Crippen LogP contribution in [0.3, 0.4) is 0 Å². The summed E-state index contributed by atoms with van der Waals surface area (Å²) < 4.78 is 14.5. The Bertz CT molecular complexity index is 1610. The van der Waals surface area contributed by atoms with E-state index in [1.807, 2.05) is 4.68 Å². The van der Waals surface area contributed by atoms with Crippen LogP contribution in [0.1, 0.15) is 55.5 Å². The molecule has 0 radical (unpaired) electrons. The second-order valence-corrected chi connectivity index (χ2v) is 12.8. The molecule has 6 heterocycles. The normalized spacial score (nSPS) is 21.8. The van der Waals surface area contributed by atoms with Gasteiger partial charge in [-0.05, 0) is 68.6 Å². The van der Waals surface area contributed by atoms with Crippen LogP contribution >= 0.6 is 0 Å². The van der Waals surface area contributed by atoms with Gasteiger partial charge in [0.25, 0.3) is 0 Å². The molecule has 2 aromatic carbocycles. The van der Waals surface area contributed by atoms with E-state index in [0.29, 0.717) is 25.8 Å². The number of fused-ring (bicyclic) bond motifs is 3. The Morgan fingerprint density at radius 3 is 2.68 bits per heavy atom. The van der Waals surface area contributed by atoms with Gasteiger partial charge in [0.1, 0.15) is 25.1 Å². The molecule has 2 aromatic heterocycles. The average molecular weight is 595 g/mol. The van der Waals surface area contributed by atoms with E-state index >= 15 is 0 Å². The summed E-state index contributed by atoms with van der Waals surface area (Å²) in [5, 5.41) is 7.08. The summed E-state index contributed by atoms with van der Waals surface area (Å²) in [7, 11) is 0. The molecular formula is C34H42N8O2. The topological polar surface area (TPSA) is 84.7 Å². The quantitative estimate of drug-likeness (QED) is 0.309. The summed E-state index contributed by atoms with van der Waals surface area (Å²) in [5.41, 5.74) is 5.10. The predicted molar refractivity (Wildman–Crippen MR) is 170 cm³/mol. The van der Waals surface area contributed by atoms with Crippen LogP contribution in [0.5, 0.6) is 6.01 Å². The first-order valence-corrected chi connectivity index (χ1v) is 16.4. The maximum atomic E-state index is 6.60. The van der Waals surface area contributed by atoms with Crippen LogP contribution in [0.15, 0.2) is 49.1 Å². The molecule has 230 valence electrons. The molecule has 0 aliphatic carbocycles. The zero-order valence-corrected chi connectivity index (χ0v) is 25.7. The first kappa shape index (κ1) is 27.8. The number of aromatic nitrogens is 5. The second-order valence-electron chi connectivity index (χ2n) is 12.8. The van der Waals surface area contributed by atoms with E-state index in [-0.39, 0.29) is 11.6 Å². The van der Waals surface area contributed by atoms with Crippen LogP contribution in [0.4, 0.5) is 11.5 Å². The highest BCUT2D eigenvalue weighted by Crippen LogP contribution is 2.40. The molecule has 0 saturated carbocycles. The summed E-state index contributed by atoms with van der Waals surface area (Å²) in [6.45, 7) is 9.64. The van der Waals surface area contributed by atoms with E-state index < -0.39 is 0 Å². The molecule has 1 unspecified atom stereocenters. The Balaban J connectivity index is 1.15. The first-order valence-electron chi connectivity index (χ1n) is 16.4. The molecule has 3 saturated heterocycles. The van der Waals surface area contributed by atoms with Gasteiger partial charge in [-0.1, -0.05) is 37.3 Å². The Morgan fingerprint density at radius 1 is 1.00 bits per heavy atom. The molecule has 3 fully saturated rings. The van der Waals surface area contributed by atoms with E-state index in [9.17, 15) is 0 Å². The second kappa shape index (κ2) is 11.6. The molecule has 1 atom stereocenters. The van der Waals surface area contributed by atoms with Crippen molar-refractivity contribution in [1.82, 2.24) is 29.6 Å². The minimum Gasteiger partial charge on any atom is -0.461 e. The van der Waals surface area contributed by atoms with Gasteiger partial charge in [-0.2, -0.15) is 15.1 Å².